The molecular weight excluding hydrogens is 418 g/mol. The highest BCUT2D eigenvalue weighted by molar-refractivity contribution is 6.00. The normalized spacial score (nSPS) is 13.7. The van der Waals surface area contributed by atoms with Gasteiger partial charge in [0.1, 0.15) is 0 Å². The zero-order valence-electron chi connectivity index (χ0n) is 18.2. The molecule has 1 amide bonds. The van der Waals surface area contributed by atoms with Gasteiger partial charge >= 0.3 is 0 Å². The summed E-state index contributed by atoms with van der Waals surface area (Å²) in [7, 11) is 1.57. The molecule has 1 fully saturated rings. The van der Waals surface area contributed by atoms with E-state index in [1.807, 2.05) is 59.5 Å². The summed E-state index contributed by atoms with van der Waals surface area (Å²) in [5.41, 5.74) is 2.20. The summed E-state index contributed by atoms with van der Waals surface area (Å²) in [6.07, 6.45) is 4.98. The first kappa shape index (κ1) is 20.7. The van der Waals surface area contributed by atoms with Gasteiger partial charge < -0.3 is 19.0 Å². The molecule has 33 heavy (non-hydrogen) atoms. The molecule has 2 aromatic carbocycles. The highest BCUT2D eigenvalue weighted by atomic mass is 16.5. The van der Waals surface area contributed by atoms with Crippen LogP contribution in [0.4, 0.5) is 5.82 Å². The van der Waals surface area contributed by atoms with E-state index in [1.165, 1.54) is 0 Å². The van der Waals surface area contributed by atoms with Gasteiger partial charge in [-0.15, -0.1) is 0 Å². The quantitative estimate of drug-likeness (QED) is 0.466. The summed E-state index contributed by atoms with van der Waals surface area (Å²) in [5, 5.41) is 0. The van der Waals surface area contributed by atoms with Crippen LogP contribution in [0.2, 0.25) is 0 Å². The van der Waals surface area contributed by atoms with Crippen molar-refractivity contribution in [2.24, 2.45) is 0 Å². The molecule has 0 atom stereocenters. The van der Waals surface area contributed by atoms with Crippen molar-refractivity contribution < 1.29 is 13.9 Å². The lowest BCUT2D eigenvalue weighted by Crippen LogP contribution is -2.49. The molecule has 166 valence electrons. The van der Waals surface area contributed by atoms with E-state index < -0.39 is 0 Å². The van der Waals surface area contributed by atoms with E-state index in [4.69, 9.17) is 9.15 Å². The number of carbonyl (C=O) groups excluding carboxylic acids is 1. The average molecular weight is 441 g/mol. The maximum absolute atomic E-state index is 13.4. The highest BCUT2D eigenvalue weighted by Gasteiger charge is 2.26. The van der Waals surface area contributed by atoms with E-state index in [0.717, 1.165) is 11.4 Å². The molecule has 0 aliphatic carbocycles. The average Bonchev–Trinajstić information content (AvgIpc) is 3.39. The van der Waals surface area contributed by atoms with Gasteiger partial charge in [-0.3, -0.25) is 9.78 Å². The lowest BCUT2D eigenvalue weighted by Gasteiger charge is -2.35. The minimum atomic E-state index is -0.0403. The van der Waals surface area contributed by atoms with Crippen LogP contribution in [0.5, 0.6) is 5.88 Å². The molecule has 5 rings (SSSR count). The Bertz CT molecular complexity index is 1250. The minimum Gasteiger partial charge on any atom is -0.480 e. The van der Waals surface area contributed by atoms with Crippen molar-refractivity contribution in [3.8, 4) is 28.7 Å². The molecule has 2 aromatic heterocycles. The number of anilines is 1. The largest absolute Gasteiger partial charge is 0.480 e. The first-order valence-electron chi connectivity index (χ1n) is 10.7. The third kappa shape index (κ3) is 4.27. The zero-order chi connectivity index (χ0) is 22.6. The van der Waals surface area contributed by atoms with Crippen molar-refractivity contribution >= 4 is 11.7 Å². The number of hydrogen-bond acceptors (Lipinski definition) is 7. The standard InChI is InChI=1S/C25H23N5O3/c1-32-23-17-26-16-22(28-23)29-11-13-30(14-12-29)25(31)20-10-6-5-9-19(20)24-27-15-21(33-24)18-7-3-2-4-8-18/h2-10,15-17H,11-14H2,1H3. The Morgan fingerprint density at radius 3 is 2.48 bits per heavy atom. The van der Waals surface area contributed by atoms with Crippen LogP contribution in [-0.4, -0.2) is 59.0 Å². The molecule has 4 aromatic rings. The van der Waals surface area contributed by atoms with E-state index in [0.29, 0.717) is 54.8 Å². The van der Waals surface area contributed by atoms with Crippen molar-refractivity contribution in [1.29, 1.82) is 0 Å². The van der Waals surface area contributed by atoms with Gasteiger partial charge in [-0.2, -0.15) is 4.98 Å². The van der Waals surface area contributed by atoms with Crippen LogP contribution in [0.15, 0.2) is 77.6 Å². The number of aromatic nitrogens is 3. The van der Waals surface area contributed by atoms with Gasteiger partial charge in [-0.1, -0.05) is 42.5 Å². The number of carbonyl (C=O) groups is 1. The fourth-order valence-corrected chi connectivity index (χ4v) is 3.89. The first-order valence-corrected chi connectivity index (χ1v) is 10.7. The fourth-order valence-electron chi connectivity index (χ4n) is 3.89. The molecular formula is C25H23N5O3. The van der Waals surface area contributed by atoms with Gasteiger partial charge in [0.2, 0.25) is 11.8 Å². The summed E-state index contributed by atoms with van der Waals surface area (Å²) in [6.45, 7) is 2.47. The van der Waals surface area contributed by atoms with Crippen LogP contribution in [-0.2, 0) is 0 Å². The van der Waals surface area contributed by atoms with Crippen LogP contribution < -0.4 is 9.64 Å². The van der Waals surface area contributed by atoms with Gasteiger partial charge in [0.25, 0.3) is 5.91 Å². The number of nitrogens with zero attached hydrogens (tertiary/aromatic N) is 5. The van der Waals surface area contributed by atoms with E-state index in [1.54, 1.807) is 25.7 Å². The van der Waals surface area contributed by atoms with Crippen molar-refractivity contribution in [3.05, 3.63) is 78.8 Å². The maximum atomic E-state index is 13.4. The van der Waals surface area contributed by atoms with Crippen molar-refractivity contribution in [2.45, 2.75) is 0 Å². The van der Waals surface area contributed by atoms with Crippen molar-refractivity contribution in [1.82, 2.24) is 19.9 Å². The number of piperazine rings is 1. The van der Waals surface area contributed by atoms with Crippen LogP contribution in [0.25, 0.3) is 22.8 Å². The van der Waals surface area contributed by atoms with Crippen LogP contribution in [0.3, 0.4) is 0 Å². The van der Waals surface area contributed by atoms with Crippen LogP contribution in [0, 0.1) is 0 Å². The van der Waals surface area contributed by atoms with Crippen LogP contribution >= 0.6 is 0 Å². The molecule has 0 N–H and O–H groups in total. The highest BCUT2D eigenvalue weighted by Crippen LogP contribution is 2.29. The molecule has 0 radical (unpaired) electrons. The molecule has 0 saturated carbocycles. The number of rotatable bonds is 5. The number of amides is 1. The summed E-state index contributed by atoms with van der Waals surface area (Å²) in [5.74, 6) is 2.28. The van der Waals surface area contributed by atoms with E-state index in [-0.39, 0.29) is 5.91 Å². The Labute approximate surface area is 191 Å². The molecule has 1 aliphatic rings. The number of methoxy groups -OCH3 is 1. The molecule has 1 saturated heterocycles. The number of benzene rings is 2. The zero-order valence-corrected chi connectivity index (χ0v) is 18.2. The second kappa shape index (κ2) is 9.12. The Balaban J connectivity index is 1.33. The third-order valence-corrected chi connectivity index (χ3v) is 5.65. The summed E-state index contributed by atoms with van der Waals surface area (Å²) >= 11 is 0. The maximum Gasteiger partial charge on any atom is 0.254 e. The fraction of sp³-hybridized carbons (Fsp3) is 0.200. The van der Waals surface area contributed by atoms with E-state index >= 15 is 0 Å². The van der Waals surface area contributed by atoms with E-state index in [9.17, 15) is 4.79 Å². The van der Waals surface area contributed by atoms with Gasteiger partial charge in [-0.25, -0.2) is 4.98 Å². The van der Waals surface area contributed by atoms with Gasteiger partial charge in [0, 0.05) is 37.3 Å². The summed E-state index contributed by atoms with van der Waals surface area (Å²) < 4.78 is 11.2. The summed E-state index contributed by atoms with van der Waals surface area (Å²) in [4.78, 5) is 30.4. The topological polar surface area (TPSA) is 84.6 Å². The molecule has 8 nitrogen and oxygen atoms in total. The lowest BCUT2D eigenvalue weighted by atomic mass is 10.1. The molecule has 8 heteroatoms. The smallest absolute Gasteiger partial charge is 0.254 e. The van der Waals surface area contributed by atoms with E-state index in [2.05, 4.69) is 19.9 Å². The number of hydrogen-bond donors (Lipinski definition) is 0. The summed E-state index contributed by atoms with van der Waals surface area (Å²) in [6, 6.07) is 17.2. The predicted molar refractivity (Wildman–Crippen MR) is 124 cm³/mol. The Hall–Kier alpha value is -4.20. The van der Waals surface area contributed by atoms with Gasteiger partial charge in [0.15, 0.2) is 11.6 Å². The predicted octanol–water partition coefficient (Wildman–Crippen LogP) is 3.77. The first-order chi connectivity index (χ1) is 16.2. The van der Waals surface area contributed by atoms with Crippen molar-refractivity contribution in [3.63, 3.8) is 0 Å². The van der Waals surface area contributed by atoms with Crippen LogP contribution in [0.1, 0.15) is 10.4 Å². The number of oxazole rings is 1. The van der Waals surface area contributed by atoms with Crippen molar-refractivity contribution in [2.75, 3.05) is 38.2 Å². The molecule has 0 unspecified atom stereocenters. The Morgan fingerprint density at radius 1 is 0.939 bits per heavy atom. The van der Waals surface area contributed by atoms with Gasteiger partial charge in [-0.05, 0) is 12.1 Å². The third-order valence-electron chi connectivity index (χ3n) is 5.65. The molecule has 0 spiro atoms. The lowest BCUT2D eigenvalue weighted by molar-refractivity contribution is 0.0747. The molecule has 0 bridgehead atoms. The monoisotopic (exact) mass is 441 g/mol. The minimum absolute atomic E-state index is 0.0403. The molecule has 1 aliphatic heterocycles. The Kier molecular flexibility index (Phi) is 5.72. The number of ether oxygens (including phenoxy) is 1. The second-order valence-corrected chi connectivity index (χ2v) is 7.64. The Morgan fingerprint density at radius 2 is 1.70 bits per heavy atom. The molecule has 3 heterocycles. The van der Waals surface area contributed by atoms with Gasteiger partial charge in [0.05, 0.1) is 31.3 Å². The second-order valence-electron chi connectivity index (χ2n) is 7.64. The SMILES string of the molecule is COc1cncc(N2CCN(C(=O)c3ccccc3-c3ncc(-c4ccccc4)o3)CC2)n1.